The van der Waals surface area contributed by atoms with Crippen molar-refractivity contribution in [2.45, 2.75) is 38.0 Å². The van der Waals surface area contributed by atoms with Gasteiger partial charge in [-0.2, -0.15) is 0 Å². The summed E-state index contributed by atoms with van der Waals surface area (Å²) in [7, 11) is 0. The van der Waals surface area contributed by atoms with Crippen molar-refractivity contribution in [2.24, 2.45) is 0 Å². The summed E-state index contributed by atoms with van der Waals surface area (Å²) < 4.78 is 7.38. The number of ether oxygens (including phenoxy) is 1. The second-order valence-corrected chi connectivity index (χ2v) is 6.75. The van der Waals surface area contributed by atoms with E-state index in [1.54, 1.807) is 22.9 Å². The Morgan fingerprint density at radius 3 is 2.80 bits per heavy atom. The number of carbonyl (C=O) groups excluding carboxylic acids is 1. The molecule has 5 heteroatoms. The molecule has 0 spiro atoms. The van der Waals surface area contributed by atoms with Crippen LogP contribution in [0, 0.1) is 0 Å². The first-order chi connectivity index (χ1) is 12.2. The number of aromatic nitrogens is 1. The molecule has 2 aliphatic rings. The molecule has 1 aromatic heterocycles. The summed E-state index contributed by atoms with van der Waals surface area (Å²) in [5, 5.41) is 0. The van der Waals surface area contributed by atoms with Crippen molar-refractivity contribution in [1.29, 1.82) is 0 Å². The van der Waals surface area contributed by atoms with Crippen molar-refractivity contribution >= 4 is 5.91 Å². The Balaban J connectivity index is 1.61. The highest BCUT2D eigenvalue weighted by molar-refractivity contribution is 5.94. The van der Waals surface area contributed by atoms with E-state index in [9.17, 15) is 9.59 Å². The van der Waals surface area contributed by atoms with E-state index in [1.165, 1.54) is 0 Å². The third-order valence-electron chi connectivity index (χ3n) is 5.19. The first-order valence-corrected chi connectivity index (χ1v) is 8.90. The highest BCUT2D eigenvalue weighted by atomic mass is 16.5. The number of fused-ring (bicyclic) bond motifs is 1. The Morgan fingerprint density at radius 2 is 1.96 bits per heavy atom. The van der Waals surface area contributed by atoms with Crippen LogP contribution in [0.15, 0.2) is 53.5 Å². The molecule has 2 atom stereocenters. The number of carbonyl (C=O) groups is 1. The molecule has 0 radical (unpaired) electrons. The number of nitrogens with zero attached hydrogens (tertiary/aromatic N) is 2. The molecule has 5 nitrogen and oxygen atoms in total. The molecule has 2 heterocycles. The molecule has 1 aliphatic carbocycles. The van der Waals surface area contributed by atoms with Gasteiger partial charge in [0, 0.05) is 12.7 Å². The first-order valence-electron chi connectivity index (χ1n) is 8.90. The summed E-state index contributed by atoms with van der Waals surface area (Å²) in [6.45, 7) is 1.58. The van der Waals surface area contributed by atoms with E-state index >= 15 is 0 Å². The summed E-state index contributed by atoms with van der Waals surface area (Å²) in [6.07, 6.45) is 4.91. The standard InChI is InChI=1S/C20H22N2O3/c23-19-16(8-5-11-21(19)14-15-6-2-1-3-7-15)20(24)22-12-13-25-18-10-4-9-17(18)22/h1-3,5-8,11,17-18H,4,9-10,12-14H2/t17-,18-/m1/s1. The lowest BCUT2D eigenvalue weighted by atomic mass is 10.1. The third-order valence-corrected chi connectivity index (χ3v) is 5.19. The van der Waals surface area contributed by atoms with Crippen LogP contribution in [0.4, 0.5) is 0 Å². The molecule has 4 rings (SSSR count). The van der Waals surface area contributed by atoms with Crippen LogP contribution < -0.4 is 5.56 Å². The molecular formula is C20H22N2O3. The molecule has 2 aromatic rings. The van der Waals surface area contributed by atoms with E-state index in [0.717, 1.165) is 24.8 Å². The number of morpholine rings is 1. The van der Waals surface area contributed by atoms with Gasteiger partial charge in [0.2, 0.25) is 0 Å². The summed E-state index contributed by atoms with van der Waals surface area (Å²) in [6, 6.07) is 13.3. The lowest BCUT2D eigenvalue weighted by Crippen LogP contribution is -2.52. The fourth-order valence-corrected chi connectivity index (χ4v) is 3.94. The Bertz CT molecular complexity index is 815. The van der Waals surface area contributed by atoms with E-state index < -0.39 is 0 Å². The van der Waals surface area contributed by atoms with Crippen molar-refractivity contribution in [3.8, 4) is 0 Å². The predicted octanol–water partition coefficient (Wildman–Crippen LogP) is 2.29. The van der Waals surface area contributed by atoms with Gasteiger partial charge >= 0.3 is 0 Å². The summed E-state index contributed by atoms with van der Waals surface area (Å²) in [5.74, 6) is -0.160. The Hall–Kier alpha value is -2.40. The monoisotopic (exact) mass is 338 g/mol. The van der Waals surface area contributed by atoms with E-state index in [-0.39, 0.29) is 29.2 Å². The molecule has 1 amide bonds. The Morgan fingerprint density at radius 1 is 1.12 bits per heavy atom. The van der Waals surface area contributed by atoms with Crippen LogP contribution in [-0.4, -0.2) is 40.7 Å². The van der Waals surface area contributed by atoms with Gasteiger partial charge in [-0.25, -0.2) is 0 Å². The molecule has 0 unspecified atom stereocenters. The average molecular weight is 338 g/mol. The Labute approximate surface area is 146 Å². The van der Waals surface area contributed by atoms with Gasteiger partial charge in [-0.1, -0.05) is 30.3 Å². The second kappa shape index (κ2) is 6.84. The fourth-order valence-electron chi connectivity index (χ4n) is 3.94. The molecule has 1 aromatic carbocycles. The molecule has 0 N–H and O–H groups in total. The number of rotatable bonds is 3. The summed E-state index contributed by atoms with van der Waals surface area (Å²) >= 11 is 0. The molecule has 130 valence electrons. The fraction of sp³-hybridized carbons (Fsp3) is 0.400. The predicted molar refractivity (Wildman–Crippen MR) is 94.7 cm³/mol. The van der Waals surface area contributed by atoms with Crippen LogP contribution in [0.25, 0.3) is 0 Å². The second-order valence-electron chi connectivity index (χ2n) is 6.75. The van der Waals surface area contributed by atoms with Crippen molar-refractivity contribution < 1.29 is 9.53 Å². The van der Waals surface area contributed by atoms with Gasteiger partial charge in [0.15, 0.2) is 0 Å². The molecule has 2 fully saturated rings. The van der Waals surface area contributed by atoms with Crippen molar-refractivity contribution in [2.75, 3.05) is 13.2 Å². The van der Waals surface area contributed by atoms with Crippen molar-refractivity contribution in [3.05, 3.63) is 70.1 Å². The van der Waals surface area contributed by atoms with Crippen molar-refractivity contribution in [3.63, 3.8) is 0 Å². The van der Waals surface area contributed by atoms with Gasteiger partial charge in [-0.05, 0) is 37.0 Å². The number of amides is 1. The summed E-state index contributed by atoms with van der Waals surface area (Å²) in [4.78, 5) is 27.7. The van der Waals surface area contributed by atoms with Crippen LogP contribution in [0.2, 0.25) is 0 Å². The minimum atomic E-state index is -0.225. The maximum atomic E-state index is 13.0. The minimum Gasteiger partial charge on any atom is -0.374 e. The van der Waals surface area contributed by atoms with Gasteiger partial charge in [0.05, 0.1) is 25.3 Å². The zero-order valence-electron chi connectivity index (χ0n) is 14.1. The molecule has 0 bridgehead atoms. The number of benzene rings is 1. The Kier molecular flexibility index (Phi) is 4.40. The van der Waals surface area contributed by atoms with Crippen LogP contribution in [0.1, 0.15) is 35.2 Å². The minimum absolute atomic E-state index is 0.114. The maximum Gasteiger partial charge on any atom is 0.263 e. The lowest BCUT2D eigenvalue weighted by Gasteiger charge is -2.37. The van der Waals surface area contributed by atoms with E-state index in [1.807, 2.05) is 35.2 Å². The highest BCUT2D eigenvalue weighted by Gasteiger charge is 2.39. The number of pyridine rings is 1. The zero-order valence-corrected chi connectivity index (χ0v) is 14.1. The smallest absolute Gasteiger partial charge is 0.263 e. The maximum absolute atomic E-state index is 13.0. The first kappa shape index (κ1) is 16.1. The molecule has 25 heavy (non-hydrogen) atoms. The van der Waals surface area contributed by atoms with Crippen molar-refractivity contribution in [1.82, 2.24) is 9.47 Å². The van der Waals surface area contributed by atoms with Crippen LogP contribution in [0.3, 0.4) is 0 Å². The van der Waals surface area contributed by atoms with Gasteiger partial charge in [0.25, 0.3) is 11.5 Å². The topological polar surface area (TPSA) is 51.5 Å². The van der Waals surface area contributed by atoms with E-state index in [0.29, 0.717) is 19.7 Å². The van der Waals surface area contributed by atoms with Gasteiger partial charge in [-0.15, -0.1) is 0 Å². The quantitative estimate of drug-likeness (QED) is 0.863. The van der Waals surface area contributed by atoms with Crippen LogP contribution in [0.5, 0.6) is 0 Å². The van der Waals surface area contributed by atoms with Crippen LogP contribution in [-0.2, 0) is 11.3 Å². The highest BCUT2D eigenvalue weighted by Crippen LogP contribution is 2.30. The number of hydrogen-bond donors (Lipinski definition) is 0. The zero-order chi connectivity index (χ0) is 17.2. The van der Waals surface area contributed by atoms with Gasteiger partial charge < -0.3 is 14.2 Å². The SMILES string of the molecule is O=C(c1cccn(Cc2ccccc2)c1=O)N1CCO[C@@H]2CCC[C@H]21. The third kappa shape index (κ3) is 3.12. The summed E-state index contributed by atoms with van der Waals surface area (Å²) in [5.41, 5.74) is 1.07. The molecule has 1 aliphatic heterocycles. The normalized spacial score (nSPS) is 22.6. The van der Waals surface area contributed by atoms with Gasteiger partial charge in [0.1, 0.15) is 5.56 Å². The molecule has 1 saturated heterocycles. The lowest BCUT2D eigenvalue weighted by molar-refractivity contribution is -0.0446. The van der Waals surface area contributed by atoms with E-state index in [4.69, 9.17) is 4.74 Å². The molecular weight excluding hydrogens is 316 g/mol. The number of hydrogen-bond acceptors (Lipinski definition) is 3. The average Bonchev–Trinajstić information content (AvgIpc) is 3.12. The van der Waals surface area contributed by atoms with Gasteiger partial charge in [-0.3, -0.25) is 9.59 Å². The van der Waals surface area contributed by atoms with E-state index in [2.05, 4.69) is 0 Å². The molecule has 1 saturated carbocycles. The van der Waals surface area contributed by atoms with Crippen LogP contribution >= 0.6 is 0 Å². The largest absolute Gasteiger partial charge is 0.374 e.